The highest BCUT2D eigenvalue weighted by atomic mass is 16.5. The van der Waals surface area contributed by atoms with E-state index in [2.05, 4.69) is 0 Å². The first-order chi connectivity index (χ1) is 12.3. The first kappa shape index (κ1) is 20.1. The van der Waals surface area contributed by atoms with Crippen molar-refractivity contribution in [2.45, 2.75) is 33.6 Å². The third-order valence-corrected chi connectivity index (χ3v) is 4.61. The molecule has 1 aromatic carbocycles. The number of carbonyl (C=O) groups is 2. The lowest BCUT2D eigenvalue weighted by Crippen LogP contribution is -2.42. The van der Waals surface area contributed by atoms with Gasteiger partial charge in [-0.25, -0.2) is 0 Å². The second-order valence-electron chi connectivity index (χ2n) is 7.63. The fraction of sp³-hybridized carbons (Fsp3) is 0.600. The molecule has 0 radical (unpaired) electrons. The Labute approximate surface area is 156 Å². The Morgan fingerprint density at radius 2 is 1.65 bits per heavy atom. The summed E-state index contributed by atoms with van der Waals surface area (Å²) in [5, 5.41) is 0. The molecule has 0 spiro atoms. The van der Waals surface area contributed by atoms with E-state index in [0.717, 1.165) is 12.0 Å². The Balaban J connectivity index is 2.01. The highest BCUT2D eigenvalue weighted by Crippen LogP contribution is 2.25. The van der Waals surface area contributed by atoms with Gasteiger partial charge in [0.05, 0.1) is 20.6 Å². The molecule has 0 aromatic heterocycles. The third-order valence-electron chi connectivity index (χ3n) is 4.61. The van der Waals surface area contributed by atoms with Gasteiger partial charge >= 0.3 is 0 Å². The number of benzene rings is 1. The van der Waals surface area contributed by atoms with E-state index in [9.17, 15) is 9.59 Å². The largest absolute Gasteiger partial charge is 0.497 e. The highest BCUT2D eigenvalue weighted by Gasteiger charge is 2.29. The number of methoxy groups -OCH3 is 2. The van der Waals surface area contributed by atoms with E-state index < -0.39 is 5.41 Å². The predicted octanol–water partition coefficient (Wildman–Crippen LogP) is 2.35. The Morgan fingerprint density at radius 3 is 2.27 bits per heavy atom. The van der Waals surface area contributed by atoms with Gasteiger partial charge in [0.2, 0.25) is 11.8 Å². The van der Waals surface area contributed by atoms with E-state index in [1.165, 1.54) is 0 Å². The number of rotatable bonds is 4. The van der Waals surface area contributed by atoms with Crippen LogP contribution in [0.2, 0.25) is 0 Å². The van der Waals surface area contributed by atoms with Crippen LogP contribution in [0.15, 0.2) is 18.2 Å². The maximum absolute atomic E-state index is 12.8. The van der Waals surface area contributed by atoms with Crippen molar-refractivity contribution >= 4 is 11.8 Å². The maximum Gasteiger partial charge on any atom is 0.228 e. The molecule has 0 atom stereocenters. The molecule has 0 aliphatic carbocycles. The first-order valence-corrected chi connectivity index (χ1v) is 9.04. The summed E-state index contributed by atoms with van der Waals surface area (Å²) in [5.41, 5.74) is 0.445. The molecule has 6 nitrogen and oxygen atoms in total. The molecule has 26 heavy (non-hydrogen) atoms. The fourth-order valence-corrected chi connectivity index (χ4v) is 3.12. The van der Waals surface area contributed by atoms with Gasteiger partial charge in [-0.3, -0.25) is 9.59 Å². The molecule has 1 heterocycles. The maximum atomic E-state index is 12.8. The third kappa shape index (κ3) is 4.90. The average molecular weight is 362 g/mol. The number of carbonyl (C=O) groups excluding carboxylic acids is 2. The zero-order valence-electron chi connectivity index (χ0n) is 16.5. The normalized spacial score (nSPS) is 15.4. The summed E-state index contributed by atoms with van der Waals surface area (Å²) in [4.78, 5) is 29.0. The van der Waals surface area contributed by atoms with Crippen molar-refractivity contribution in [2.24, 2.45) is 5.41 Å². The molecular weight excluding hydrogens is 332 g/mol. The lowest BCUT2D eigenvalue weighted by atomic mass is 9.94. The van der Waals surface area contributed by atoms with Crippen LogP contribution in [-0.2, 0) is 16.0 Å². The van der Waals surface area contributed by atoms with Gasteiger partial charge in [0.15, 0.2) is 0 Å². The van der Waals surface area contributed by atoms with Crippen LogP contribution < -0.4 is 9.47 Å². The van der Waals surface area contributed by atoms with Gasteiger partial charge in [0.1, 0.15) is 11.5 Å². The van der Waals surface area contributed by atoms with Crippen LogP contribution in [0.5, 0.6) is 11.5 Å². The summed E-state index contributed by atoms with van der Waals surface area (Å²) in [6.45, 7) is 8.31. The molecule has 2 rings (SSSR count). The zero-order chi connectivity index (χ0) is 19.3. The summed E-state index contributed by atoms with van der Waals surface area (Å²) in [7, 11) is 3.19. The Bertz CT molecular complexity index is 652. The quantitative estimate of drug-likeness (QED) is 0.825. The molecule has 0 N–H and O–H groups in total. The van der Waals surface area contributed by atoms with Gasteiger partial charge in [-0.1, -0.05) is 26.8 Å². The van der Waals surface area contributed by atoms with Crippen LogP contribution in [0.25, 0.3) is 0 Å². The molecular formula is C20H30N2O4. The van der Waals surface area contributed by atoms with Crippen molar-refractivity contribution in [3.8, 4) is 11.5 Å². The zero-order valence-corrected chi connectivity index (χ0v) is 16.5. The number of amides is 2. The van der Waals surface area contributed by atoms with Crippen LogP contribution in [0.1, 0.15) is 32.8 Å². The van der Waals surface area contributed by atoms with Gasteiger partial charge in [0.25, 0.3) is 0 Å². The number of ether oxygens (including phenoxy) is 2. The molecule has 144 valence electrons. The second kappa shape index (κ2) is 8.43. The van der Waals surface area contributed by atoms with Crippen LogP contribution >= 0.6 is 0 Å². The molecule has 1 fully saturated rings. The monoisotopic (exact) mass is 362 g/mol. The molecule has 6 heteroatoms. The molecule has 0 unspecified atom stereocenters. The molecule has 1 aromatic rings. The fourth-order valence-electron chi connectivity index (χ4n) is 3.12. The molecule has 1 saturated heterocycles. The van der Waals surface area contributed by atoms with E-state index in [1.807, 2.05) is 42.7 Å². The van der Waals surface area contributed by atoms with E-state index in [0.29, 0.717) is 37.7 Å². The molecule has 1 aliphatic heterocycles. The summed E-state index contributed by atoms with van der Waals surface area (Å²) in [6.07, 6.45) is 1.08. The van der Waals surface area contributed by atoms with Gasteiger partial charge in [0, 0.05) is 43.2 Å². The minimum absolute atomic E-state index is 0.0542. The number of hydrogen-bond donors (Lipinski definition) is 0. The smallest absolute Gasteiger partial charge is 0.228 e. The second-order valence-corrected chi connectivity index (χ2v) is 7.63. The van der Waals surface area contributed by atoms with Crippen molar-refractivity contribution < 1.29 is 19.1 Å². The van der Waals surface area contributed by atoms with Gasteiger partial charge < -0.3 is 19.3 Å². The van der Waals surface area contributed by atoms with Crippen molar-refractivity contribution in [2.75, 3.05) is 40.4 Å². The van der Waals surface area contributed by atoms with E-state index in [4.69, 9.17) is 9.47 Å². The summed E-state index contributed by atoms with van der Waals surface area (Å²) >= 11 is 0. The minimum Gasteiger partial charge on any atom is -0.497 e. The standard InChI is InChI=1S/C20H30N2O4/c1-20(2,3)19(24)22-10-6-9-21(11-12-22)18(23)13-15-7-8-16(25-4)14-17(15)26-5/h7-8,14H,6,9-13H2,1-5H3. The molecule has 0 bridgehead atoms. The topological polar surface area (TPSA) is 59.1 Å². The summed E-state index contributed by atoms with van der Waals surface area (Å²) in [5.74, 6) is 1.54. The summed E-state index contributed by atoms with van der Waals surface area (Å²) < 4.78 is 10.6. The van der Waals surface area contributed by atoms with Crippen LogP contribution in [0.4, 0.5) is 0 Å². The highest BCUT2D eigenvalue weighted by molar-refractivity contribution is 5.82. The Morgan fingerprint density at radius 1 is 1.00 bits per heavy atom. The molecule has 0 saturated carbocycles. The van der Waals surface area contributed by atoms with Crippen molar-refractivity contribution in [1.82, 2.24) is 9.80 Å². The lowest BCUT2D eigenvalue weighted by Gasteiger charge is -2.28. The van der Waals surface area contributed by atoms with E-state index >= 15 is 0 Å². The predicted molar refractivity (Wildman–Crippen MR) is 100 cm³/mol. The van der Waals surface area contributed by atoms with E-state index in [-0.39, 0.29) is 18.2 Å². The van der Waals surface area contributed by atoms with Gasteiger partial charge in [-0.2, -0.15) is 0 Å². The molecule has 1 aliphatic rings. The average Bonchev–Trinajstić information content (AvgIpc) is 2.86. The lowest BCUT2D eigenvalue weighted by molar-refractivity contribution is -0.139. The van der Waals surface area contributed by atoms with Crippen LogP contribution in [-0.4, -0.2) is 62.0 Å². The van der Waals surface area contributed by atoms with E-state index in [1.54, 1.807) is 20.3 Å². The number of hydrogen-bond acceptors (Lipinski definition) is 4. The number of nitrogens with zero attached hydrogens (tertiary/aromatic N) is 2. The van der Waals surface area contributed by atoms with Crippen LogP contribution in [0.3, 0.4) is 0 Å². The first-order valence-electron chi connectivity index (χ1n) is 9.04. The van der Waals surface area contributed by atoms with Gasteiger partial charge in [-0.05, 0) is 12.5 Å². The SMILES string of the molecule is COc1ccc(CC(=O)N2CCCN(C(=O)C(C)(C)C)CC2)c(OC)c1. The Kier molecular flexibility index (Phi) is 6.51. The van der Waals surface area contributed by atoms with Crippen molar-refractivity contribution in [3.63, 3.8) is 0 Å². The minimum atomic E-state index is -0.393. The Hall–Kier alpha value is -2.24. The van der Waals surface area contributed by atoms with Crippen LogP contribution in [0, 0.1) is 5.41 Å². The molecule has 2 amide bonds. The van der Waals surface area contributed by atoms with Crippen molar-refractivity contribution in [3.05, 3.63) is 23.8 Å². The van der Waals surface area contributed by atoms with Gasteiger partial charge in [-0.15, -0.1) is 0 Å². The summed E-state index contributed by atoms with van der Waals surface area (Å²) in [6, 6.07) is 5.48. The van der Waals surface area contributed by atoms with Crippen molar-refractivity contribution in [1.29, 1.82) is 0 Å².